The maximum Gasteiger partial charge on any atom is 0.253 e. The largest absolute Gasteiger partial charge is 0.361 e. The lowest BCUT2D eigenvalue weighted by Gasteiger charge is -2.32. The van der Waals surface area contributed by atoms with Crippen molar-refractivity contribution in [3.8, 4) is 0 Å². The predicted molar refractivity (Wildman–Crippen MR) is 102 cm³/mol. The molecular formula is C19H20N4O2S. The minimum absolute atomic E-state index is 0.0179. The number of nitrogens with zero attached hydrogens (tertiary/aromatic N) is 2. The van der Waals surface area contributed by atoms with E-state index in [0.29, 0.717) is 23.8 Å². The number of carbonyl (C=O) groups excluding carboxylic acids is 2. The van der Waals surface area contributed by atoms with Crippen LogP contribution in [-0.4, -0.2) is 39.8 Å². The number of aryl methyl sites for hydroxylation is 1. The van der Waals surface area contributed by atoms with Gasteiger partial charge in [0.15, 0.2) is 5.13 Å². The first-order valence-electron chi connectivity index (χ1n) is 8.70. The van der Waals surface area contributed by atoms with Gasteiger partial charge >= 0.3 is 0 Å². The van der Waals surface area contributed by atoms with E-state index in [1.165, 1.54) is 11.3 Å². The van der Waals surface area contributed by atoms with Crippen LogP contribution in [-0.2, 0) is 4.79 Å². The van der Waals surface area contributed by atoms with E-state index in [-0.39, 0.29) is 17.7 Å². The summed E-state index contributed by atoms with van der Waals surface area (Å²) in [6, 6.07) is 7.61. The monoisotopic (exact) mass is 368 g/mol. The van der Waals surface area contributed by atoms with E-state index in [0.717, 1.165) is 28.6 Å². The summed E-state index contributed by atoms with van der Waals surface area (Å²) in [5.41, 5.74) is 1.67. The first-order valence-corrected chi connectivity index (χ1v) is 9.51. The molecule has 0 spiro atoms. The van der Waals surface area contributed by atoms with Crippen molar-refractivity contribution in [2.45, 2.75) is 19.8 Å². The van der Waals surface area contributed by atoms with E-state index in [1.807, 2.05) is 37.4 Å². The van der Waals surface area contributed by atoms with E-state index >= 15 is 0 Å². The van der Waals surface area contributed by atoms with Crippen LogP contribution in [0.25, 0.3) is 10.9 Å². The third kappa shape index (κ3) is 3.35. The summed E-state index contributed by atoms with van der Waals surface area (Å²) in [5.74, 6) is -0.276. The summed E-state index contributed by atoms with van der Waals surface area (Å²) >= 11 is 1.46. The molecule has 1 aliphatic rings. The minimum Gasteiger partial charge on any atom is -0.361 e. The van der Waals surface area contributed by atoms with E-state index < -0.39 is 0 Å². The molecule has 1 aromatic carbocycles. The molecule has 0 saturated carbocycles. The van der Waals surface area contributed by atoms with Crippen LogP contribution in [0.4, 0.5) is 5.13 Å². The number of carbonyl (C=O) groups is 2. The van der Waals surface area contributed by atoms with Gasteiger partial charge < -0.3 is 15.2 Å². The van der Waals surface area contributed by atoms with E-state index in [9.17, 15) is 9.59 Å². The molecule has 0 radical (unpaired) electrons. The third-order valence-electron chi connectivity index (χ3n) is 4.73. The lowest BCUT2D eigenvalue weighted by atomic mass is 9.96. The lowest BCUT2D eigenvalue weighted by molar-refractivity contribution is -0.121. The number of aromatic amines is 1. The fourth-order valence-corrected chi connectivity index (χ4v) is 4.03. The Hall–Kier alpha value is -2.67. The molecule has 3 aromatic rings. The Labute approximate surface area is 155 Å². The predicted octanol–water partition coefficient (Wildman–Crippen LogP) is 3.42. The van der Waals surface area contributed by atoms with Crippen molar-refractivity contribution in [3.63, 3.8) is 0 Å². The molecule has 2 amide bonds. The number of fused-ring (bicyclic) bond motifs is 1. The van der Waals surface area contributed by atoms with E-state index in [1.54, 1.807) is 11.1 Å². The fourth-order valence-electron chi connectivity index (χ4n) is 3.36. The number of H-pyrrole nitrogens is 1. The number of likely N-dealkylation sites (tertiary alicyclic amines) is 1. The van der Waals surface area contributed by atoms with Crippen LogP contribution in [0, 0.1) is 12.8 Å². The Morgan fingerprint density at radius 2 is 2.23 bits per heavy atom. The maximum absolute atomic E-state index is 12.9. The molecule has 4 rings (SSSR count). The molecule has 0 aliphatic carbocycles. The Bertz CT molecular complexity index is 961. The molecule has 0 bridgehead atoms. The van der Waals surface area contributed by atoms with Crippen LogP contribution in [0.3, 0.4) is 0 Å². The van der Waals surface area contributed by atoms with Crippen molar-refractivity contribution >= 4 is 39.2 Å². The maximum atomic E-state index is 12.9. The topological polar surface area (TPSA) is 78.1 Å². The number of amides is 2. The van der Waals surface area contributed by atoms with Gasteiger partial charge in [-0.3, -0.25) is 9.59 Å². The fraction of sp³-hybridized carbons (Fsp3) is 0.316. The highest BCUT2D eigenvalue weighted by Crippen LogP contribution is 2.23. The van der Waals surface area contributed by atoms with Crippen molar-refractivity contribution in [1.82, 2.24) is 14.9 Å². The van der Waals surface area contributed by atoms with E-state index in [2.05, 4.69) is 15.3 Å². The second kappa shape index (κ2) is 6.92. The SMILES string of the molecule is Cc1cnc(NC(=O)C2CCCN(C(=O)c3ccc4[nH]ccc4c3)C2)s1. The van der Waals surface area contributed by atoms with Crippen LogP contribution in [0.1, 0.15) is 28.1 Å². The zero-order valence-electron chi connectivity index (χ0n) is 14.5. The van der Waals surface area contributed by atoms with E-state index in [4.69, 9.17) is 0 Å². The Morgan fingerprint density at radius 3 is 3.04 bits per heavy atom. The van der Waals surface area contributed by atoms with Gasteiger partial charge in [0.2, 0.25) is 5.91 Å². The number of benzene rings is 1. The molecule has 3 heterocycles. The third-order valence-corrected chi connectivity index (χ3v) is 5.56. The average molecular weight is 368 g/mol. The van der Waals surface area contributed by atoms with Gasteiger partial charge in [-0.2, -0.15) is 0 Å². The van der Waals surface area contributed by atoms with Gasteiger partial charge in [0.1, 0.15) is 0 Å². The zero-order chi connectivity index (χ0) is 18.1. The number of thiazole rings is 1. The van der Waals surface area contributed by atoms with Gasteiger partial charge in [0, 0.05) is 46.8 Å². The molecule has 6 nitrogen and oxygen atoms in total. The molecule has 1 fully saturated rings. The average Bonchev–Trinajstić information content (AvgIpc) is 3.29. The zero-order valence-corrected chi connectivity index (χ0v) is 15.3. The first-order chi connectivity index (χ1) is 12.6. The quantitative estimate of drug-likeness (QED) is 0.743. The van der Waals surface area contributed by atoms with Crippen LogP contribution in [0.5, 0.6) is 0 Å². The van der Waals surface area contributed by atoms with Crippen LogP contribution in [0.15, 0.2) is 36.7 Å². The smallest absolute Gasteiger partial charge is 0.253 e. The van der Waals surface area contributed by atoms with Gasteiger partial charge in [-0.1, -0.05) is 0 Å². The standard InChI is InChI=1S/C19H20N4O2S/c1-12-10-21-19(26-12)22-17(24)15-3-2-8-23(11-15)18(25)14-4-5-16-13(9-14)6-7-20-16/h4-7,9-10,15,20H,2-3,8,11H2,1H3,(H,21,22,24). The van der Waals surface area contributed by atoms with Gasteiger partial charge in [0.25, 0.3) is 5.91 Å². The molecule has 134 valence electrons. The number of nitrogens with one attached hydrogen (secondary N) is 2. The molecule has 1 unspecified atom stereocenters. The summed E-state index contributed by atoms with van der Waals surface area (Å²) in [5, 5.41) is 4.51. The van der Waals surface area contributed by atoms with Gasteiger partial charge in [-0.25, -0.2) is 4.98 Å². The van der Waals surface area contributed by atoms with Crippen molar-refractivity contribution < 1.29 is 9.59 Å². The summed E-state index contributed by atoms with van der Waals surface area (Å²) in [6.45, 7) is 3.08. The van der Waals surface area contributed by atoms with Crippen molar-refractivity contribution in [2.24, 2.45) is 5.92 Å². The molecule has 1 atom stereocenters. The number of aromatic nitrogens is 2. The minimum atomic E-state index is -0.201. The summed E-state index contributed by atoms with van der Waals surface area (Å²) in [7, 11) is 0. The van der Waals surface area contributed by atoms with Crippen molar-refractivity contribution in [3.05, 3.63) is 47.1 Å². The molecule has 2 aromatic heterocycles. The summed E-state index contributed by atoms with van der Waals surface area (Å²) in [4.78, 5) is 35.6. The highest BCUT2D eigenvalue weighted by molar-refractivity contribution is 7.15. The molecular weight excluding hydrogens is 348 g/mol. The Kier molecular flexibility index (Phi) is 4.46. The molecule has 2 N–H and O–H groups in total. The molecule has 7 heteroatoms. The second-order valence-electron chi connectivity index (χ2n) is 6.64. The van der Waals surface area contributed by atoms with Gasteiger partial charge in [-0.05, 0) is 44.0 Å². The van der Waals surface area contributed by atoms with Crippen molar-refractivity contribution in [1.29, 1.82) is 0 Å². The lowest BCUT2D eigenvalue weighted by Crippen LogP contribution is -2.43. The number of rotatable bonds is 3. The first kappa shape index (κ1) is 16.8. The summed E-state index contributed by atoms with van der Waals surface area (Å²) in [6.07, 6.45) is 5.22. The second-order valence-corrected chi connectivity index (χ2v) is 7.87. The van der Waals surface area contributed by atoms with Crippen LogP contribution < -0.4 is 5.32 Å². The number of hydrogen-bond acceptors (Lipinski definition) is 4. The van der Waals surface area contributed by atoms with Crippen LogP contribution >= 0.6 is 11.3 Å². The Morgan fingerprint density at radius 1 is 1.35 bits per heavy atom. The highest BCUT2D eigenvalue weighted by atomic mass is 32.1. The highest BCUT2D eigenvalue weighted by Gasteiger charge is 2.29. The Balaban J connectivity index is 1.45. The van der Waals surface area contributed by atoms with Gasteiger partial charge in [-0.15, -0.1) is 11.3 Å². The number of anilines is 1. The molecule has 26 heavy (non-hydrogen) atoms. The summed E-state index contributed by atoms with van der Waals surface area (Å²) < 4.78 is 0. The normalized spacial score (nSPS) is 17.4. The number of piperidine rings is 1. The van der Waals surface area contributed by atoms with Gasteiger partial charge in [0.05, 0.1) is 5.92 Å². The van der Waals surface area contributed by atoms with Crippen molar-refractivity contribution in [2.75, 3.05) is 18.4 Å². The van der Waals surface area contributed by atoms with Crippen LogP contribution in [0.2, 0.25) is 0 Å². The molecule has 1 saturated heterocycles. The number of hydrogen-bond donors (Lipinski definition) is 2. The molecule has 1 aliphatic heterocycles.